The zero-order valence-electron chi connectivity index (χ0n) is 38.6. The van der Waals surface area contributed by atoms with Crippen molar-refractivity contribution in [2.24, 2.45) is 5.92 Å². The van der Waals surface area contributed by atoms with E-state index < -0.39 is 29.2 Å². The highest BCUT2D eigenvalue weighted by atomic mass is 19.1. The number of aryl methyl sites for hydroxylation is 1. The molecule has 1 unspecified atom stereocenters. The van der Waals surface area contributed by atoms with Crippen LogP contribution in [0.25, 0.3) is 22.3 Å². The molecule has 3 N–H and O–H groups in total. The smallest absolute Gasteiger partial charge is 0.255 e. The van der Waals surface area contributed by atoms with Gasteiger partial charge in [0, 0.05) is 62.5 Å². The van der Waals surface area contributed by atoms with Gasteiger partial charge in [0.05, 0.1) is 17.3 Å². The van der Waals surface area contributed by atoms with Crippen LogP contribution in [0, 0.1) is 24.5 Å². The number of imide groups is 1. The number of hydrogen-bond donors (Lipinski definition) is 3. The second-order valence-corrected chi connectivity index (χ2v) is 19.3. The Morgan fingerprint density at radius 1 is 0.824 bits per heavy atom. The number of carbonyl (C=O) groups excluding carboxylic acids is 3. The molecule has 6 aromatic rings. The van der Waals surface area contributed by atoms with Gasteiger partial charge in [0.25, 0.3) is 5.91 Å². The molecule has 10 rings (SSSR count). The molecule has 0 aliphatic carbocycles. The van der Waals surface area contributed by atoms with Crippen molar-refractivity contribution in [3.05, 3.63) is 130 Å². The number of carbonyl (C=O) groups is 3. The van der Waals surface area contributed by atoms with Crippen molar-refractivity contribution in [1.82, 2.24) is 44.5 Å². The van der Waals surface area contributed by atoms with Crippen LogP contribution in [-0.4, -0.2) is 94.3 Å². The minimum atomic E-state index is -0.997. The molecule has 14 nitrogen and oxygen atoms in total. The van der Waals surface area contributed by atoms with Crippen LogP contribution in [0.5, 0.6) is 0 Å². The van der Waals surface area contributed by atoms with E-state index in [0.717, 1.165) is 81.4 Å². The first kappa shape index (κ1) is 45.3. The molecule has 352 valence electrons. The lowest BCUT2D eigenvalue weighted by molar-refractivity contribution is -0.136. The quantitative estimate of drug-likeness (QED) is 0.104. The number of hydrogen-bond acceptors (Lipinski definition) is 11. The van der Waals surface area contributed by atoms with Crippen molar-refractivity contribution in [3.63, 3.8) is 0 Å². The summed E-state index contributed by atoms with van der Waals surface area (Å²) in [6, 6.07) is 20.7. The molecule has 3 saturated heterocycles. The second kappa shape index (κ2) is 18.5. The topological polar surface area (TPSA) is 162 Å². The molecular weight excluding hydrogens is 867 g/mol. The number of nitrogens with zero attached hydrogens (tertiary/aromatic N) is 8. The number of nitrogens with one attached hydrogen (secondary N) is 2. The number of fused-ring (bicyclic) bond motifs is 2. The van der Waals surface area contributed by atoms with Crippen LogP contribution in [-0.2, 0) is 41.2 Å². The average Bonchev–Trinajstić information content (AvgIpc) is 3.85. The number of halogens is 2. The minimum absolute atomic E-state index is 0.0115. The highest BCUT2D eigenvalue weighted by Gasteiger charge is 2.41. The SMILES string of the molecule is Cc1nc2c(F)cc(-c3nc(Nc4ccc(CC5CCN(Cc6ccc(CN7CCC(O)(c8ccc9c(c8)CN(C8CCC(=O)NC8=O)C9=O)CC7)cc6)CC5)cn4)ncc3F)cc2n1C(C)C. The predicted octanol–water partition coefficient (Wildman–Crippen LogP) is 7.50. The highest BCUT2D eigenvalue weighted by molar-refractivity contribution is 6.05. The summed E-state index contributed by atoms with van der Waals surface area (Å²) in [5.74, 6) is -0.221. The standard InChI is InChI=1S/C52H56F2N10O4/c1-31(2)64-32(3)57-48-41(53)24-37(25-44(48)64)47-42(54)27-56-51(60-47)58-45-12-8-36(26-55-45)22-33-14-18-61(19-15-33)28-34-4-6-35(7-5-34)29-62-20-16-52(68,17-21-62)39-9-10-40-38(23-39)30-63(50(40)67)43-11-13-46(65)59-49(43)66/h4-10,12,23-27,31,33,43,68H,11,13-22,28-30H2,1-3H3,(H,59,65,66)(H,55,56,58,60). The van der Waals surface area contributed by atoms with Gasteiger partial charge in [-0.15, -0.1) is 0 Å². The van der Waals surface area contributed by atoms with Gasteiger partial charge in [0.1, 0.15) is 28.9 Å². The van der Waals surface area contributed by atoms with E-state index in [4.69, 9.17) is 0 Å². The summed E-state index contributed by atoms with van der Waals surface area (Å²) >= 11 is 0. The van der Waals surface area contributed by atoms with Crippen LogP contribution in [0.4, 0.5) is 20.5 Å². The summed E-state index contributed by atoms with van der Waals surface area (Å²) in [5.41, 5.74) is 5.95. The van der Waals surface area contributed by atoms with Crippen LogP contribution in [0.3, 0.4) is 0 Å². The fourth-order valence-electron chi connectivity index (χ4n) is 10.6. The fourth-order valence-corrected chi connectivity index (χ4v) is 10.6. The van der Waals surface area contributed by atoms with Crippen LogP contribution in [0.2, 0.25) is 0 Å². The normalized spacial score (nSPS) is 19.2. The molecule has 3 fully saturated rings. The molecule has 0 saturated carbocycles. The molecular formula is C52H56F2N10O4. The third kappa shape index (κ3) is 9.24. The number of imidazole rings is 1. The van der Waals surface area contributed by atoms with E-state index in [-0.39, 0.29) is 48.0 Å². The molecule has 1 atom stereocenters. The van der Waals surface area contributed by atoms with Gasteiger partial charge in [0.2, 0.25) is 17.8 Å². The van der Waals surface area contributed by atoms with Crippen molar-refractivity contribution in [2.75, 3.05) is 31.5 Å². The third-order valence-electron chi connectivity index (χ3n) is 14.3. The maximum atomic E-state index is 15.2. The van der Waals surface area contributed by atoms with E-state index in [0.29, 0.717) is 53.5 Å². The van der Waals surface area contributed by atoms with E-state index in [1.165, 1.54) is 17.2 Å². The zero-order valence-corrected chi connectivity index (χ0v) is 38.6. The lowest BCUT2D eigenvalue weighted by atomic mass is 9.83. The molecule has 68 heavy (non-hydrogen) atoms. The van der Waals surface area contributed by atoms with Crippen molar-refractivity contribution >= 4 is 40.5 Å². The summed E-state index contributed by atoms with van der Waals surface area (Å²) in [5, 5.41) is 17.2. The summed E-state index contributed by atoms with van der Waals surface area (Å²) < 4.78 is 32.2. The number of pyridine rings is 1. The van der Waals surface area contributed by atoms with Gasteiger partial charge in [-0.25, -0.2) is 28.7 Å². The Balaban J connectivity index is 0.670. The zero-order chi connectivity index (χ0) is 47.3. The van der Waals surface area contributed by atoms with E-state index in [9.17, 15) is 19.5 Å². The second-order valence-electron chi connectivity index (χ2n) is 19.3. The van der Waals surface area contributed by atoms with Crippen LogP contribution < -0.4 is 10.6 Å². The molecule has 0 bridgehead atoms. The first-order valence-electron chi connectivity index (χ1n) is 23.7. The summed E-state index contributed by atoms with van der Waals surface area (Å²) in [6.07, 6.45) is 7.76. The predicted molar refractivity (Wildman–Crippen MR) is 252 cm³/mol. The number of rotatable bonds is 12. The molecule has 16 heteroatoms. The monoisotopic (exact) mass is 922 g/mol. The van der Waals surface area contributed by atoms with Gasteiger partial charge in [-0.2, -0.15) is 0 Å². The molecule has 3 aromatic heterocycles. The molecule has 0 spiro atoms. The molecule has 4 aliphatic rings. The Morgan fingerprint density at radius 3 is 2.21 bits per heavy atom. The largest absolute Gasteiger partial charge is 0.385 e. The number of piperidine rings is 3. The Labute approximate surface area is 393 Å². The number of anilines is 2. The first-order valence-corrected chi connectivity index (χ1v) is 23.7. The van der Waals surface area contributed by atoms with Crippen molar-refractivity contribution < 1.29 is 28.3 Å². The van der Waals surface area contributed by atoms with Crippen molar-refractivity contribution in [1.29, 1.82) is 0 Å². The summed E-state index contributed by atoms with van der Waals surface area (Å²) in [7, 11) is 0. The number of aliphatic hydroxyl groups is 1. The Hall–Kier alpha value is -6.49. The molecule has 7 heterocycles. The lowest BCUT2D eigenvalue weighted by Gasteiger charge is -2.38. The fraction of sp³-hybridized carbons (Fsp3) is 0.404. The molecule has 0 radical (unpaired) electrons. The van der Waals surface area contributed by atoms with Gasteiger partial charge >= 0.3 is 0 Å². The van der Waals surface area contributed by atoms with E-state index in [1.807, 2.05) is 49.7 Å². The van der Waals surface area contributed by atoms with E-state index >= 15 is 8.78 Å². The van der Waals surface area contributed by atoms with Gasteiger partial charge < -0.3 is 19.9 Å². The average molecular weight is 923 g/mol. The Morgan fingerprint density at radius 2 is 1.53 bits per heavy atom. The Bertz CT molecular complexity index is 2890. The molecule has 3 aromatic carbocycles. The molecule has 3 amide bonds. The van der Waals surface area contributed by atoms with Gasteiger partial charge in [-0.05, 0) is 130 Å². The minimum Gasteiger partial charge on any atom is -0.385 e. The number of amides is 3. The van der Waals surface area contributed by atoms with Crippen LogP contribution in [0.1, 0.15) is 102 Å². The van der Waals surface area contributed by atoms with E-state index in [1.54, 1.807) is 17.0 Å². The summed E-state index contributed by atoms with van der Waals surface area (Å²) in [4.78, 5) is 61.3. The van der Waals surface area contributed by atoms with Crippen LogP contribution >= 0.6 is 0 Å². The summed E-state index contributed by atoms with van der Waals surface area (Å²) in [6.45, 7) is 11.3. The van der Waals surface area contributed by atoms with Crippen molar-refractivity contribution in [2.45, 2.75) is 103 Å². The number of benzene rings is 3. The van der Waals surface area contributed by atoms with Crippen LogP contribution in [0.15, 0.2) is 79.1 Å². The van der Waals surface area contributed by atoms with Gasteiger partial charge in [0.15, 0.2) is 11.6 Å². The highest BCUT2D eigenvalue weighted by Crippen LogP contribution is 2.37. The molecule has 4 aliphatic heterocycles. The van der Waals surface area contributed by atoms with Gasteiger partial charge in [-0.1, -0.05) is 42.5 Å². The van der Waals surface area contributed by atoms with Gasteiger partial charge in [-0.3, -0.25) is 29.5 Å². The third-order valence-corrected chi connectivity index (χ3v) is 14.3. The maximum Gasteiger partial charge on any atom is 0.255 e. The lowest BCUT2D eigenvalue weighted by Crippen LogP contribution is -2.52. The first-order chi connectivity index (χ1) is 32.8. The number of aromatic nitrogens is 5. The number of likely N-dealkylation sites (tertiary alicyclic amines) is 2. The van der Waals surface area contributed by atoms with E-state index in [2.05, 4.69) is 70.7 Å². The Kier molecular flexibility index (Phi) is 12.4. The maximum absolute atomic E-state index is 15.2. The van der Waals surface area contributed by atoms with Crippen molar-refractivity contribution in [3.8, 4) is 11.3 Å².